The summed E-state index contributed by atoms with van der Waals surface area (Å²) in [7, 11) is 0. The molecule has 26 heavy (non-hydrogen) atoms. The number of carbonyl (C=O) groups excluding carboxylic acids is 1. The maximum absolute atomic E-state index is 14.2. The van der Waals surface area contributed by atoms with Gasteiger partial charge < -0.3 is 15.2 Å². The predicted octanol–water partition coefficient (Wildman–Crippen LogP) is 2.86. The van der Waals surface area contributed by atoms with Crippen molar-refractivity contribution < 1.29 is 9.18 Å². The molecule has 1 aliphatic heterocycles. The molecule has 1 spiro atoms. The van der Waals surface area contributed by atoms with Crippen LogP contribution in [-0.2, 0) is 11.3 Å². The third-order valence-electron chi connectivity index (χ3n) is 5.37. The first-order valence-electron chi connectivity index (χ1n) is 8.43. The normalized spacial score (nSPS) is 20.0. The van der Waals surface area contributed by atoms with Crippen molar-refractivity contribution in [3.05, 3.63) is 48.3 Å². The van der Waals surface area contributed by atoms with E-state index in [-0.39, 0.29) is 47.9 Å². The van der Waals surface area contributed by atoms with Gasteiger partial charge in [0.2, 0.25) is 5.91 Å². The molecule has 1 aromatic heterocycles. The molecule has 8 heteroatoms. The smallest absolute Gasteiger partial charge is 0.223 e. The number of nitrogens with one attached hydrogen (secondary N) is 2. The monoisotopic (exact) mass is 400 g/mol. The van der Waals surface area contributed by atoms with E-state index in [4.69, 9.17) is 0 Å². The summed E-state index contributed by atoms with van der Waals surface area (Å²) in [6.07, 6.45) is 8.03. The van der Waals surface area contributed by atoms with Gasteiger partial charge in [-0.2, -0.15) is 0 Å². The number of amides is 1. The molecule has 2 N–H and O–H groups in total. The maximum Gasteiger partial charge on any atom is 0.223 e. The van der Waals surface area contributed by atoms with E-state index >= 15 is 0 Å². The molecule has 142 valence electrons. The lowest BCUT2D eigenvalue weighted by molar-refractivity contribution is -0.123. The minimum absolute atomic E-state index is 0. The molecule has 1 saturated carbocycles. The molecular formula is C18H23Cl2FN4O. The van der Waals surface area contributed by atoms with Gasteiger partial charge in [0.1, 0.15) is 5.82 Å². The quantitative estimate of drug-likeness (QED) is 0.829. The fraction of sp³-hybridized carbons (Fsp3) is 0.444. The van der Waals surface area contributed by atoms with Gasteiger partial charge in [0.15, 0.2) is 0 Å². The highest BCUT2D eigenvalue weighted by Gasteiger charge is 2.57. The average Bonchev–Trinajstić information content (AvgIpc) is 3.03. The van der Waals surface area contributed by atoms with Gasteiger partial charge in [-0.1, -0.05) is 6.07 Å². The van der Waals surface area contributed by atoms with Crippen LogP contribution in [0.2, 0.25) is 0 Å². The molecule has 2 aliphatic rings. The van der Waals surface area contributed by atoms with Crippen LogP contribution in [0, 0.1) is 17.2 Å². The van der Waals surface area contributed by atoms with E-state index in [1.54, 1.807) is 29.4 Å². The van der Waals surface area contributed by atoms with Crippen LogP contribution in [0.1, 0.15) is 24.8 Å². The Labute approximate surface area is 164 Å². The van der Waals surface area contributed by atoms with Gasteiger partial charge in [0, 0.05) is 24.9 Å². The van der Waals surface area contributed by atoms with Crippen molar-refractivity contribution in [2.75, 3.05) is 13.1 Å². The largest absolute Gasteiger partial charge is 0.352 e. The van der Waals surface area contributed by atoms with Gasteiger partial charge in [0.05, 0.1) is 12.0 Å². The van der Waals surface area contributed by atoms with Crippen molar-refractivity contribution in [1.29, 1.82) is 0 Å². The molecular weight excluding hydrogens is 378 g/mol. The van der Waals surface area contributed by atoms with Crippen molar-refractivity contribution in [2.24, 2.45) is 11.3 Å². The Bertz CT molecular complexity index is 748. The van der Waals surface area contributed by atoms with E-state index in [1.165, 1.54) is 6.07 Å². The Morgan fingerprint density at radius 1 is 1.35 bits per heavy atom. The van der Waals surface area contributed by atoms with Crippen molar-refractivity contribution in [3.63, 3.8) is 0 Å². The Balaban J connectivity index is 0.00000121. The number of aromatic nitrogens is 2. The van der Waals surface area contributed by atoms with Gasteiger partial charge in [0.25, 0.3) is 0 Å². The highest BCUT2D eigenvalue weighted by molar-refractivity contribution is 5.85. The first-order valence-corrected chi connectivity index (χ1v) is 8.43. The van der Waals surface area contributed by atoms with Gasteiger partial charge in [-0.3, -0.25) is 4.79 Å². The van der Waals surface area contributed by atoms with E-state index in [1.807, 2.05) is 6.07 Å². The minimum atomic E-state index is -0.319. The van der Waals surface area contributed by atoms with Gasteiger partial charge in [-0.25, -0.2) is 9.37 Å². The fourth-order valence-electron chi connectivity index (χ4n) is 3.78. The van der Waals surface area contributed by atoms with Crippen LogP contribution in [-0.4, -0.2) is 28.5 Å². The number of nitrogens with zero attached hydrogens (tertiary/aromatic N) is 2. The summed E-state index contributed by atoms with van der Waals surface area (Å²) in [4.78, 5) is 16.3. The average molecular weight is 401 g/mol. The van der Waals surface area contributed by atoms with Crippen LogP contribution in [0.15, 0.2) is 36.9 Å². The third-order valence-corrected chi connectivity index (χ3v) is 5.37. The topological polar surface area (TPSA) is 59.0 Å². The van der Waals surface area contributed by atoms with Gasteiger partial charge in [-0.15, -0.1) is 24.8 Å². The zero-order valence-corrected chi connectivity index (χ0v) is 15.9. The second-order valence-electron chi connectivity index (χ2n) is 6.84. The number of halogens is 3. The summed E-state index contributed by atoms with van der Waals surface area (Å²) in [5, 5.41) is 6.31. The van der Waals surface area contributed by atoms with Crippen molar-refractivity contribution >= 4 is 30.7 Å². The summed E-state index contributed by atoms with van der Waals surface area (Å²) in [5.74, 6) is -0.0772. The van der Waals surface area contributed by atoms with E-state index in [2.05, 4.69) is 15.6 Å². The summed E-state index contributed by atoms with van der Waals surface area (Å²) < 4.78 is 15.9. The molecule has 1 aromatic carbocycles. The number of piperidine rings is 1. The molecule has 2 fully saturated rings. The summed E-state index contributed by atoms with van der Waals surface area (Å²) in [6, 6.07) is 5.03. The second kappa shape index (κ2) is 8.37. The Hall–Kier alpha value is -1.63. The molecule has 1 unspecified atom stereocenters. The fourth-order valence-corrected chi connectivity index (χ4v) is 3.78. The molecule has 5 nitrogen and oxygen atoms in total. The Morgan fingerprint density at radius 3 is 2.77 bits per heavy atom. The van der Waals surface area contributed by atoms with Crippen LogP contribution in [0.25, 0.3) is 5.69 Å². The standard InChI is InChI=1S/C18H21FN4O.2ClH/c19-15-9-13(1-2-16(15)23-8-7-21-12-23)11-22-17(24)14-10-18(14)3-5-20-6-4-18;;/h1-2,7-9,12,14,20H,3-6,10-11H2,(H,22,24);2*1H. The lowest BCUT2D eigenvalue weighted by Crippen LogP contribution is -2.33. The molecule has 2 heterocycles. The first kappa shape index (κ1) is 20.7. The number of imidazole rings is 1. The second-order valence-corrected chi connectivity index (χ2v) is 6.84. The zero-order chi connectivity index (χ0) is 16.6. The van der Waals surface area contributed by atoms with E-state index in [0.29, 0.717) is 12.2 Å². The van der Waals surface area contributed by atoms with E-state index in [0.717, 1.165) is 37.9 Å². The lowest BCUT2D eigenvalue weighted by Gasteiger charge is -2.23. The molecule has 1 saturated heterocycles. The summed E-state index contributed by atoms with van der Waals surface area (Å²) >= 11 is 0. The van der Waals surface area contributed by atoms with Gasteiger partial charge in [-0.05, 0) is 55.5 Å². The number of carbonyl (C=O) groups is 1. The van der Waals surface area contributed by atoms with Crippen LogP contribution >= 0.6 is 24.8 Å². The highest BCUT2D eigenvalue weighted by Crippen LogP contribution is 2.58. The number of hydrogen-bond donors (Lipinski definition) is 2. The Kier molecular flexibility index (Phi) is 6.66. The minimum Gasteiger partial charge on any atom is -0.352 e. The van der Waals surface area contributed by atoms with Crippen LogP contribution in [0.4, 0.5) is 4.39 Å². The molecule has 1 atom stereocenters. The predicted molar refractivity (Wildman–Crippen MR) is 103 cm³/mol. The third kappa shape index (κ3) is 4.03. The molecule has 4 rings (SSSR count). The molecule has 1 amide bonds. The van der Waals surface area contributed by atoms with Crippen molar-refractivity contribution in [1.82, 2.24) is 20.2 Å². The van der Waals surface area contributed by atoms with E-state index < -0.39 is 0 Å². The number of hydrogen-bond acceptors (Lipinski definition) is 3. The molecule has 0 radical (unpaired) electrons. The SMILES string of the molecule is Cl.Cl.O=C(NCc1ccc(-n2ccnc2)c(F)c1)C1CC12CCNCC2. The number of rotatable bonds is 4. The van der Waals surface area contributed by atoms with Crippen molar-refractivity contribution in [2.45, 2.75) is 25.8 Å². The summed E-state index contributed by atoms with van der Waals surface area (Å²) in [6.45, 7) is 2.38. The number of benzene rings is 1. The molecule has 2 aromatic rings. The van der Waals surface area contributed by atoms with E-state index in [9.17, 15) is 9.18 Å². The Morgan fingerprint density at radius 2 is 2.12 bits per heavy atom. The van der Waals surface area contributed by atoms with Crippen molar-refractivity contribution in [3.8, 4) is 5.69 Å². The highest BCUT2D eigenvalue weighted by atomic mass is 35.5. The van der Waals surface area contributed by atoms with Gasteiger partial charge >= 0.3 is 0 Å². The van der Waals surface area contributed by atoms with Crippen LogP contribution < -0.4 is 10.6 Å². The maximum atomic E-state index is 14.2. The zero-order valence-electron chi connectivity index (χ0n) is 14.3. The molecule has 0 bridgehead atoms. The summed E-state index contributed by atoms with van der Waals surface area (Å²) in [5.41, 5.74) is 1.45. The van der Waals surface area contributed by atoms with Crippen LogP contribution in [0.3, 0.4) is 0 Å². The lowest BCUT2D eigenvalue weighted by atomic mass is 9.92. The first-order chi connectivity index (χ1) is 11.7. The van der Waals surface area contributed by atoms with Crippen LogP contribution in [0.5, 0.6) is 0 Å². The molecule has 1 aliphatic carbocycles.